The molecule has 1 atom stereocenters. The molecule has 2 fully saturated rings. The van der Waals surface area contributed by atoms with Crippen molar-refractivity contribution in [3.8, 4) is 0 Å². The highest BCUT2D eigenvalue weighted by molar-refractivity contribution is 6.70. The molecule has 0 aliphatic heterocycles. The minimum atomic E-state index is -2.20. The first kappa shape index (κ1) is 20.4. The molecule has 2 aliphatic carbocycles. The van der Waals surface area contributed by atoms with Gasteiger partial charge in [0.05, 0.1) is 0 Å². The van der Waals surface area contributed by atoms with Crippen molar-refractivity contribution in [2.45, 2.75) is 110 Å². The highest BCUT2D eigenvalue weighted by Gasteiger charge is 2.57. The Hall–Kier alpha value is 0.137. The van der Waals surface area contributed by atoms with Gasteiger partial charge in [0.25, 0.3) is 0 Å². The van der Waals surface area contributed by atoms with Gasteiger partial charge in [0, 0.05) is 24.3 Å². The molecule has 0 N–H and O–H groups in total. The van der Waals surface area contributed by atoms with Crippen LogP contribution in [0.5, 0.6) is 0 Å². The molecule has 0 saturated heterocycles. The molecule has 1 unspecified atom stereocenters. The van der Waals surface area contributed by atoms with E-state index in [9.17, 15) is 0 Å². The monoisotopic (exact) mass is 354 g/mol. The van der Waals surface area contributed by atoms with Crippen LogP contribution in [-0.2, 0) is 8.85 Å². The van der Waals surface area contributed by atoms with Crippen molar-refractivity contribution in [3.05, 3.63) is 0 Å². The average Bonchev–Trinajstić information content (AvgIpc) is 2.56. The Morgan fingerprint density at radius 2 is 1.46 bits per heavy atom. The molecule has 24 heavy (non-hydrogen) atoms. The molecule has 2 saturated carbocycles. The fourth-order valence-corrected chi connectivity index (χ4v) is 10.7. The zero-order chi connectivity index (χ0) is 17.6. The van der Waals surface area contributed by atoms with Gasteiger partial charge in [-0.2, -0.15) is 0 Å². The van der Waals surface area contributed by atoms with Crippen molar-refractivity contribution in [3.63, 3.8) is 0 Å². The summed E-state index contributed by atoms with van der Waals surface area (Å²) in [7, 11) is -2.20. The van der Waals surface area contributed by atoms with E-state index in [4.69, 9.17) is 8.85 Å². The van der Waals surface area contributed by atoms with Gasteiger partial charge in [-0.05, 0) is 49.9 Å². The SMILES string of the molecule is CCCO[Si](OCCC)(C1CCC(C)CC1)C1CCCCC1(C)C. The van der Waals surface area contributed by atoms with Crippen LogP contribution in [-0.4, -0.2) is 21.8 Å². The van der Waals surface area contributed by atoms with Gasteiger partial charge in [0.2, 0.25) is 0 Å². The highest BCUT2D eigenvalue weighted by atomic mass is 28.4. The van der Waals surface area contributed by atoms with Gasteiger partial charge in [-0.15, -0.1) is 0 Å². The minimum Gasteiger partial charge on any atom is -0.394 e. The Bertz CT molecular complexity index is 353. The Kier molecular flexibility index (Phi) is 7.82. The maximum Gasteiger partial charge on any atom is 0.345 e. The van der Waals surface area contributed by atoms with E-state index in [0.29, 0.717) is 16.5 Å². The van der Waals surface area contributed by atoms with Crippen LogP contribution in [0.25, 0.3) is 0 Å². The van der Waals surface area contributed by atoms with Gasteiger partial charge < -0.3 is 8.85 Å². The number of hydrogen-bond donors (Lipinski definition) is 0. The van der Waals surface area contributed by atoms with Crippen LogP contribution in [0.1, 0.15) is 98.8 Å². The van der Waals surface area contributed by atoms with Crippen LogP contribution in [0.4, 0.5) is 0 Å². The van der Waals surface area contributed by atoms with Gasteiger partial charge in [-0.1, -0.05) is 60.3 Å². The second-order valence-corrected chi connectivity index (χ2v) is 12.7. The molecule has 3 heteroatoms. The summed E-state index contributed by atoms with van der Waals surface area (Å²) in [6.07, 6.45) is 13.1. The summed E-state index contributed by atoms with van der Waals surface area (Å²) in [4.78, 5) is 0. The summed E-state index contributed by atoms with van der Waals surface area (Å²) >= 11 is 0. The van der Waals surface area contributed by atoms with Crippen LogP contribution in [0.3, 0.4) is 0 Å². The number of hydrogen-bond acceptors (Lipinski definition) is 2. The maximum absolute atomic E-state index is 6.85. The van der Waals surface area contributed by atoms with Crippen LogP contribution in [0.2, 0.25) is 11.1 Å². The largest absolute Gasteiger partial charge is 0.394 e. The van der Waals surface area contributed by atoms with Crippen molar-refractivity contribution in [2.75, 3.05) is 13.2 Å². The molecule has 2 rings (SSSR count). The van der Waals surface area contributed by atoms with E-state index in [-0.39, 0.29) is 0 Å². The molecule has 2 aliphatic rings. The molecule has 0 aromatic heterocycles. The Morgan fingerprint density at radius 1 is 0.875 bits per heavy atom. The van der Waals surface area contributed by atoms with Crippen LogP contribution in [0.15, 0.2) is 0 Å². The first-order chi connectivity index (χ1) is 11.5. The van der Waals surface area contributed by atoms with Crippen molar-refractivity contribution in [2.24, 2.45) is 11.3 Å². The molecule has 0 heterocycles. The molecule has 142 valence electrons. The van der Waals surface area contributed by atoms with Crippen molar-refractivity contribution in [1.82, 2.24) is 0 Å². The third kappa shape index (κ3) is 4.65. The fourth-order valence-electron chi connectivity index (χ4n) is 5.19. The number of rotatable bonds is 8. The summed E-state index contributed by atoms with van der Waals surface area (Å²) in [6.45, 7) is 13.7. The minimum absolute atomic E-state index is 0.384. The molecule has 0 bridgehead atoms. The third-order valence-electron chi connectivity index (χ3n) is 6.64. The highest BCUT2D eigenvalue weighted by Crippen LogP contribution is 2.56. The van der Waals surface area contributed by atoms with Crippen molar-refractivity contribution >= 4 is 8.56 Å². The summed E-state index contributed by atoms with van der Waals surface area (Å²) in [5.41, 5.74) is 1.78. The van der Waals surface area contributed by atoms with Crippen LogP contribution in [0, 0.1) is 11.3 Å². The lowest BCUT2D eigenvalue weighted by molar-refractivity contribution is 0.100. The van der Waals surface area contributed by atoms with E-state index in [2.05, 4.69) is 34.6 Å². The van der Waals surface area contributed by atoms with Gasteiger partial charge in [0.15, 0.2) is 0 Å². The van der Waals surface area contributed by atoms with Crippen LogP contribution >= 0.6 is 0 Å². The second-order valence-electron chi connectivity index (χ2n) is 9.16. The second kappa shape index (κ2) is 9.18. The predicted octanol–water partition coefficient (Wildman–Crippen LogP) is 6.83. The molecular weight excluding hydrogens is 312 g/mol. The van der Waals surface area contributed by atoms with Crippen LogP contribution < -0.4 is 0 Å². The molecule has 0 aromatic rings. The van der Waals surface area contributed by atoms with Gasteiger partial charge in [-0.3, -0.25) is 0 Å². The molecule has 0 amide bonds. The summed E-state index contributed by atoms with van der Waals surface area (Å²) in [6, 6.07) is 0. The van der Waals surface area contributed by atoms with E-state index >= 15 is 0 Å². The summed E-state index contributed by atoms with van der Waals surface area (Å²) in [5.74, 6) is 0.893. The first-order valence-electron chi connectivity index (χ1n) is 10.7. The lowest BCUT2D eigenvalue weighted by Gasteiger charge is -2.52. The van der Waals surface area contributed by atoms with E-state index in [0.717, 1.165) is 32.0 Å². The summed E-state index contributed by atoms with van der Waals surface area (Å²) < 4.78 is 13.7. The lowest BCUT2D eigenvalue weighted by Crippen LogP contribution is -2.56. The Morgan fingerprint density at radius 3 is 1.96 bits per heavy atom. The van der Waals surface area contributed by atoms with E-state index in [1.165, 1.54) is 51.4 Å². The average molecular weight is 355 g/mol. The lowest BCUT2D eigenvalue weighted by atomic mass is 9.77. The normalized spacial score (nSPS) is 31.1. The molecule has 0 aromatic carbocycles. The van der Waals surface area contributed by atoms with Gasteiger partial charge in [0.1, 0.15) is 0 Å². The zero-order valence-corrected chi connectivity index (χ0v) is 18.0. The summed E-state index contributed by atoms with van der Waals surface area (Å²) in [5, 5.41) is 0. The molecule has 0 spiro atoms. The Labute approximate surface area is 152 Å². The molecule has 2 nitrogen and oxygen atoms in total. The van der Waals surface area contributed by atoms with Gasteiger partial charge >= 0.3 is 8.56 Å². The van der Waals surface area contributed by atoms with Crippen molar-refractivity contribution in [1.29, 1.82) is 0 Å². The molecular formula is C21H42O2Si. The quantitative estimate of drug-likeness (QED) is 0.445. The third-order valence-corrected chi connectivity index (χ3v) is 11.7. The van der Waals surface area contributed by atoms with E-state index in [1.54, 1.807) is 0 Å². The fraction of sp³-hybridized carbons (Fsp3) is 1.00. The Balaban J connectivity index is 2.31. The smallest absolute Gasteiger partial charge is 0.345 e. The first-order valence-corrected chi connectivity index (χ1v) is 12.7. The topological polar surface area (TPSA) is 18.5 Å². The van der Waals surface area contributed by atoms with Crippen molar-refractivity contribution < 1.29 is 8.85 Å². The van der Waals surface area contributed by atoms with E-state index in [1.807, 2.05) is 0 Å². The molecule has 0 radical (unpaired) electrons. The predicted molar refractivity (Wildman–Crippen MR) is 106 cm³/mol. The maximum atomic E-state index is 6.85. The van der Waals surface area contributed by atoms with E-state index < -0.39 is 8.56 Å². The van der Waals surface area contributed by atoms with Gasteiger partial charge in [-0.25, -0.2) is 0 Å². The zero-order valence-electron chi connectivity index (χ0n) is 17.0. The standard InChI is InChI=1S/C21H42O2Si/c1-6-16-22-24(23-17-7-2,19-13-11-18(3)12-14-19)20-10-8-9-15-21(20,4)5/h18-20H,6-17H2,1-5H3.